The number of nitrogens with zero attached hydrogens (tertiary/aromatic N) is 2. The Morgan fingerprint density at radius 3 is 2.70 bits per heavy atom. The minimum Gasteiger partial charge on any atom is -0.481 e. The molecule has 0 amide bonds. The minimum atomic E-state index is 0. The zero-order valence-corrected chi connectivity index (χ0v) is 15.5. The second-order valence-corrected chi connectivity index (χ2v) is 4.59. The van der Waals surface area contributed by atoms with Gasteiger partial charge in [-0.15, -0.1) is 24.0 Å². The van der Waals surface area contributed by atoms with Crippen molar-refractivity contribution < 1.29 is 9.47 Å². The van der Waals surface area contributed by atoms with Gasteiger partial charge in [-0.1, -0.05) is 24.3 Å². The average Bonchev–Trinajstić information content (AvgIpc) is 2.55. The van der Waals surface area contributed by atoms with E-state index < -0.39 is 0 Å². The molecule has 6 nitrogen and oxygen atoms in total. The van der Waals surface area contributed by atoms with Crippen LogP contribution in [0.1, 0.15) is 11.3 Å². The molecule has 0 aliphatic heterocycles. The largest absolute Gasteiger partial charge is 0.481 e. The number of pyridine rings is 1. The first-order valence-electron chi connectivity index (χ1n) is 6.86. The Labute approximate surface area is 153 Å². The van der Waals surface area contributed by atoms with Gasteiger partial charge in [0, 0.05) is 24.4 Å². The number of anilines is 1. The predicted molar refractivity (Wildman–Crippen MR) is 102 cm³/mol. The molecule has 2 aromatic rings. The lowest BCUT2D eigenvalue weighted by Crippen LogP contribution is -2.23. The van der Waals surface area contributed by atoms with Crippen LogP contribution in [0.5, 0.6) is 5.88 Å². The number of benzene rings is 1. The van der Waals surface area contributed by atoms with E-state index in [1.54, 1.807) is 20.3 Å². The van der Waals surface area contributed by atoms with Crippen LogP contribution in [0.15, 0.2) is 47.5 Å². The van der Waals surface area contributed by atoms with Crippen molar-refractivity contribution in [3.63, 3.8) is 0 Å². The van der Waals surface area contributed by atoms with Gasteiger partial charge in [0.25, 0.3) is 0 Å². The average molecular weight is 428 g/mol. The number of nitrogens with two attached hydrogens (primary N) is 1. The normalized spacial score (nSPS) is 10.8. The van der Waals surface area contributed by atoms with Gasteiger partial charge in [-0.2, -0.15) is 0 Å². The van der Waals surface area contributed by atoms with Crippen LogP contribution in [-0.2, 0) is 17.9 Å². The zero-order chi connectivity index (χ0) is 15.8. The van der Waals surface area contributed by atoms with Gasteiger partial charge < -0.3 is 20.5 Å². The molecule has 1 heterocycles. The van der Waals surface area contributed by atoms with E-state index in [2.05, 4.69) is 15.3 Å². The topological polar surface area (TPSA) is 81.8 Å². The SMILES string of the molecule is COCc1ccccc1NC(N)=NCc1cccc(OC)n1.I. The van der Waals surface area contributed by atoms with E-state index in [4.69, 9.17) is 15.2 Å². The maximum absolute atomic E-state index is 5.93. The number of hydrogen-bond acceptors (Lipinski definition) is 4. The molecule has 2 rings (SSSR count). The number of methoxy groups -OCH3 is 2. The summed E-state index contributed by atoms with van der Waals surface area (Å²) in [6, 6.07) is 13.3. The van der Waals surface area contributed by atoms with Gasteiger partial charge in [0.05, 0.1) is 26.0 Å². The van der Waals surface area contributed by atoms with Gasteiger partial charge >= 0.3 is 0 Å². The molecule has 1 aromatic carbocycles. The molecular weight excluding hydrogens is 407 g/mol. The summed E-state index contributed by atoms with van der Waals surface area (Å²) in [6.45, 7) is 0.885. The van der Waals surface area contributed by atoms with Crippen molar-refractivity contribution in [2.75, 3.05) is 19.5 Å². The lowest BCUT2D eigenvalue weighted by atomic mass is 10.2. The fraction of sp³-hybridized carbons (Fsp3) is 0.250. The van der Waals surface area contributed by atoms with E-state index >= 15 is 0 Å². The molecule has 0 fully saturated rings. The lowest BCUT2D eigenvalue weighted by molar-refractivity contribution is 0.185. The molecule has 3 N–H and O–H groups in total. The summed E-state index contributed by atoms with van der Waals surface area (Å²) in [5.74, 6) is 0.887. The predicted octanol–water partition coefficient (Wildman–Crippen LogP) is 2.78. The van der Waals surface area contributed by atoms with Crippen molar-refractivity contribution in [2.45, 2.75) is 13.2 Å². The monoisotopic (exact) mass is 428 g/mol. The van der Waals surface area contributed by atoms with E-state index in [1.807, 2.05) is 36.4 Å². The number of hydrogen-bond donors (Lipinski definition) is 2. The Balaban J connectivity index is 0.00000264. The first kappa shape index (κ1) is 19.2. The van der Waals surface area contributed by atoms with E-state index in [0.717, 1.165) is 16.9 Å². The number of aliphatic imine (C=N–C) groups is 1. The van der Waals surface area contributed by atoms with E-state index in [-0.39, 0.29) is 24.0 Å². The Hall–Kier alpha value is -1.87. The van der Waals surface area contributed by atoms with E-state index in [0.29, 0.717) is 25.0 Å². The molecule has 0 unspecified atom stereocenters. The fourth-order valence-corrected chi connectivity index (χ4v) is 1.93. The van der Waals surface area contributed by atoms with Crippen molar-refractivity contribution in [1.29, 1.82) is 0 Å². The Morgan fingerprint density at radius 2 is 1.96 bits per heavy atom. The van der Waals surface area contributed by atoms with Crippen molar-refractivity contribution in [1.82, 2.24) is 4.98 Å². The smallest absolute Gasteiger partial charge is 0.213 e. The summed E-state index contributed by atoms with van der Waals surface area (Å²) in [5, 5.41) is 3.08. The van der Waals surface area contributed by atoms with Crippen LogP contribution >= 0.6 is 24.0 Å². The van der Waals surface area contributed by atoms with Crippen LogP contribution in [-0.4, -0.2) is 25.2 Å². The van der Waals surface area contributed by atoms with Crippen molar-refractivity contribution in [2.24, 2.45) is 10.7 Å². The molecule has 0 aliphatic carbocycles. The third-order valence-corrected chi connectivity index (χ3v) is 2.98. The molecule has 124 valence electrons. The number of halogens is 1. The number of para-hydroxylation sites is 1. The molecule has 0 radical (unpaired) electrons. The highest BCUT2D eigenvalue weighted by atomic mass is 127. The van der Waals surface area contributed by atoms with Crippen LogP contribution in [0.2, 0.25) is 0 Å². The summed E-state index contributed by atoms with van der Waals surface area (Å²) in [4.78, 5) is 8.58. The molecule has 0 spiro atoms. The van der Waals surface area contributed by atoms with Crippen molar-refractivity contribution in [3.8, 4) is 5.88 Å². The standard InChI is InChI=1S/C16H20N4O2.HI/c1-21-11-12-6-3-4-8-14(12)20-16(17)18-10-13-7-5-9-15(19-13)22-2;/h3-9H,10-11H2,1-2H3,(H3,17,18,20);1H. The summed E-state index contributed by atoms with van der Waals surface area (Å²) in [7, 11) is 3.24. The van der Waals surface area contributed by atoms with Crippen LogP contribution in [0.3, 0.4) is 0 Å². The third kappa shape index (κ3) is 6.03. The molecule has 0 aliphatic rings. The van der Waals surface area contributed by atoms with Crippen LogP contribution < -0.4 is 15.8 Å². The zero-order valence-electron chi connectivity index (χ0n) is 13.2. The molecule has 0 saturated carbocycles. The number of nitrogens with one attached hydrogen (secondary N) is 1. The van der Waals surface area contributed by atoms with Crippen molar-refractivity contribution >= 4 is 35.6 Å². The second kappa shape index (κ2) is 10.0. The van der Waals surface area contributed by atoms with Gasteiger partial charge in [-0.25, -0.2) is 9.98 Å². The Bertz CT molecular complexity index is 649. The molecule has 0 saturated heterocycles. The first-order valence-corrected chi connectivity index (χ1v) is 6.86. The van der Waals surface area contributed by atoms with E-state index in [1.165, 1.54) is 0 Å². The summed E-state index contributed by atoms with van der Waals surface area (Å²) in [6.07, 6.45) is 0. The maximum atomic E-state index is 5.93. The van der Waals surface area contributed by atoms with Gasteiger partial charge in [0.2, 0.25) is 5.88 Å². The number of ether oxygens (including phenoxy) is 2. The maximum Gasteiger partial charge on any atom is 0.213 e. The van der Waals surface area contributed by atoms with Gasteiger partial charge in [0.1, 0.15) is 0 Å². The summed E-state index contributed by atoms with van der Waals surface area (Å²) in [5.41, 5.74) is 8.61. The quantitative estimate of drug-likeness (QED) is 0.420. The molecule has 0 atom stereocenters. The second-order valence-electron chi connectivity index (χ2n) is 4.59. The van der Waals surface area contributed by atoms with E-state index in [9.17, 15) is 0 Å². The Kier molecular flexibility index (Phi) is 8.35. The molecule has 7 heteroatoms. The highest BCUT2D eigenvalue weighted by Gasteiger charge is 2.03. The van der Waals surface area contributed by atoms with Gasteiger partial charge in [-0.3, -0.25) is 0 Å². The number of guanidine groups is 1. The first-order chi connectivity index (χ1) is 10.7. The fourth-order valence-electron chi connectivity index (χ4n) is 1.93. The molecule has 0 bridgehead atoms. The lowest BCUT2D eigenvalue weighted by Gasteiger charge is -2.10. The molecule has 1 aromatic heterocycles. The number of aromatic nitrogens is 1. The summed E-state index contributed by atoms with van der Waals surface area (Å²) < 4.78 is 10.2. The van der Waals surface area contributed by atoms with Crippen LogP contribution in [0.4, 0.5) is 5.69 Å². The Morgan fingerprint density at radius 1 is 1.17 bits per heavy atom. The van der Waals surface area contributed by atoms with Crippen molar-refractivity contribution in [3.05, 3.63) is 53.7 Å². The third-order valence-electron chi connectivity index (χ3n) is 2.98. The minimum absolute atomic E-state index is 0. The van der Waals surface area contributed by atoms with Gasteiger partial charge in [0.15, 0.2) is 5.96 Å². The number of rotatable bonds is 6. The van der Waals surface area contributed by atoms with Crippen LogP contribution in [0.25, 0.3) is 0 Å². The van der Waals surface area contributed by atoms with Gasteiger partial charge in [-0.05, 0) is 12.1 Å². The molecular formula is C16H21IN4O2. The highest BCUT2D eigenvalue weighted by Crippen LogP contribution is 2.15. The van der Waals surface area contributed by atoms with Crippen LogP contribution in [0, 0.1) is 0 Å². The molecule has 23 heavy (non-hydrogen) atoms. The highest BCUT2D eigenvalue weighted by molar-refractivity contribution is 14.0. The summed E-state index contributed by atoms with van der Waals surface area (Å²) >= 11 is 0.